The molecule has 0 saturated heterocycles. The van der Waals surface area contributed by atoms with Crippen molar-refractivity contribution in [3.63, 3.8) is 0 Å². The first-order chi connectivity index (χ1) is 13.2. The summed E-state index contributed by atoms with van der Waals surface area (Å²) in [4.78, 5) is 16.7. The summed E-state index contributed by atoms with van der Waals surface area (Å²) in [7, 11) is 1.67. The predicted octanol–water partition coefficient (Wildman–Crippen LogP) is 3.83. The van der Waals surface area contributed by atoms with E-state index in [4.69, 9.17) is 4.74 Å². The molecule has 0 bridgehead atoms. The Morgan fingerprint density at radius 2 is 1.93 bits per heavy atom. The summed E-state index contributed by atoms with van der Waals surface area (Å²) in [5.74, 6) is 0.839. The van der Waals surface area contributed by atoms with Crippen molar-refractivity contribution < 1.29 is 9.53 Å². The van der Waals surface area contributed by atoms with Crippen LogP contribution in [0.5, 0.6) is 5.75 Å². The third kappa shape index (κ3) is 5.25. The average Bonchev–Trinajstić information content (AvgIpc) is 3.10. The van der Waals surface area contributed by atoms with E-state index in [9.17, 15) is 4.79 Å². The number of rotatable bonds is 7. The Kier molecular flexibility index (Phi) is 6.74. The van der Waals surface area contributed by atoms with Gasteiger partial charge in [0.05, 0.1) is 19.0 Å². The van der Waals surface area contributed by atoms with E-state index in [0.717, 1.165) is 44.4 Å². The molecule has 0 spiro atoms. The van der Waals surface area contributed by atoms with Gasteiger partial charge in [-0.15, -0.1) is 0 Å². The molecule has 2 N–H and O–H groups in total. The van der Waals surface area contributed by atoms with E-state index in [-0.39, 0.29) is 11.6 Å². The van der Waals surface area contributed by atoms with Crippen molar-refractivity contribution in [2.24, 2.45) is 0 Å². The van der Waals surface area contributed by atoms with Gasteiger partial charge in [0.25, 0.3) is 0 Å². The van der Waals surface area contributed by atoms with Crippen LogP contribution in [0.2, 0.25) is 0 Å². The highest BCUT2D eigenvalue weighted by Gasteiger charge is 2.34. The van der Waals surface area contributed by atoms with Crippen LogP contribution in [-0.2, 0) is 12.1 Å². The fourth-order valence-electron chi connectivity index (χ4n) is 3.87. The number of imidazole rings is 1. The number of nitrogens with one attached hydrogen (secondary N) is 2. The first kappa shape index (κ1) is 19.3. The van der Waals surface area contributed by atoms with Crippen LogP contribution >= 0.6 is 0 Å². The third-order valence-corrected chi connectivity index (χ3v) is 5.39. The lowest BCUT2D eigenvalue weighted by Crippen LogP contribution is -2.50. The molecule has 1 heterocycles. The quantitative estimate of drug-likeness (QED) is 0.575. The van der Waals surface area contributed by atoms with Gasteiger partial charge in [-0.25, -0.2) is 9.78 Å². The highest BCUT2D eigenvalue weighted by molar-refractivity contribution is 5.75. The van der Waals surface area contributed by atoms with E-state index < -0.39 is 0 Å². The SMILES string of the molecule is COc1ccc(C2(NC(=O)NCCCn3ccnc3)CCCCCC2)cc1. The fourth-order valence-corrected chi connectivity index (χ4v) is 3.87. The number of carbonyl (C=O) groups is 1. The first-order valence-electron chi connectivity index (χ1n) is 9.88. The van der Waals surface area contributed by atoms with E-state index in [1.165, 1.54) is 18.4 Å². The first-order valence-corrected chi connectivity index (χ1v) is 9.88. The Bertz CT molecular complexity index is 689. The van der Waals surface area contributed by atoms with Gasteiger partial charge in [0.1, 0.15) is 5.75 Å². The van der Waals surface area contributed by atoms with Crippen molar-refractivity contribution >= 4 is 6.03 Å². The number of hydrogen-bond acceptors (Lipinski definition) is 3. The highest BCUT2D eigenvalue weighted by Crippen LogP contribution is 2.36. The Morgan fingerprint density at radius 3 is 2.56 bits per heavy atom. The van der Waals surface area contributed by atoms with E-state index in [2.05, 4.69) is 27.8 Å². The summed E-state index contributed by atoms with van der Waals surface area (Å²) in [6.45, 7) is 1.49. The van der Waals surface area contributed by atoms with Crippen LogP contribution in [0.4, 0.5) is 4.79 Å². The fraction of sp³-hybridized carbons (Fsp3) is 0.524. The number of hydrogen-bond donors (Lipinski definition) is 2. The van der Waals surface area contributed by atoms with Crippen molar-refractivity contribution in [2.45, 2.75) is 57.0 Å². The number of carbonyl (C=O) groups excluding carboxylic acids is 1. The van der Waals surface area contributed by atoms with Crippen molar-refractivity contribution in [2.75, 3.05) is 13.7 Å². The van der Waals surface area contributed by atoms with Crippen molar-refractivity contribution in [3.05, 3.63) is 48.5 Å². The molecule has 146 valence electrons. The molecule has 6 nitrogen and oxygen atoms in total. The van der Waals surface area contributed by atoms with Gasteiger partial charge in [0, 0.05) is 25.5 Å². The minimum atomic E-state index is -0.294. The van der Waals surface area contributed by atoms with Gasteiger partial charge in [0.2, 0.25) is 0 Å². The maximum Gasteiger partial charge on any atom is 0.315 e. The molecule has 2 aromatic rings. The molecule has 1 fully saturated rings. The maximum atomic E-state index is 12.6. The molecule has 0 unspecified atom stereocenters. The van der Waals surface area contributed by atoms with Crippen LogP contribution in [0.25, 0.3) is 0 Å². The number of nitrogens with zero attached hydrogens (tertiary/aromatic N) is 2. The van der Waals surface area contributed by atoms with E-state index in [1.54, 1.807) is 19.6 Å². The van der Waals surface area contributed by atoms with E-state index >= 15 is 0 Å². The van der Waals surface area contributed by atoms with E-state index in [0.29, 0.717) is 6.54 Å². The number of ether oxygens (including phenoxy) is 1. The second-order valence-electron chi connectivity index (χ2n) is 7.26. The normalized spacial score (nSPS) is 16.3. The summed E-state index contributed by atoms with van der Waals surface area (Å²) in [6, 6.07) is 8.05. The van der Waals surface area contributed by atoms with Gasteiger partial charge in [-0.3, -0.25) is 0 Å². The number of urea groups is 1. The minimum Gasteiger partial charge on any atom is -0.497 e. The van der Waals surface area contributed by atoms with Gasteiger partial charge in [-0.05, 0) is 37.0 Å². The molecule has 1 aliphatic carbocycles. The topological polar surface area (TPSA) is 68.2 Å². The molecule has 2 amide bonds. The molecule has 6 heteroatoms. The Morgan fingerprint density at radius 1 is 1.19 bits per heavy atom. The lowest BCUT2D eigenvalue weighted by atomic mass is 9.83. The molecule has 1 saturated carbocycles. The van der Waals surface area contributed by atoms with Crippen molar-refractivity contribution in [1.29, 1.82) is 0 Å². The van der Waals surface area contributed by atoms with Crippen LogP contribution < -0.4 is 15.4 Å². The second-order valence-corrected chi connectivity index (χ2v) is 7.26. The summed E-state index contributed by atoms with van der Waals surface area (Å²) in [6.07, 6.45) is 13.0. The van der Waals surface area contributed by atoms with Crippen molar-refractivity contribution in [1.82, 2.24) is 20.2 Å². The standard InChI is InChI=1S/C21H30N4O2/c1-27-19-9-7-18(8-10-19)21(11-4-2-3-5-12-21)24-20(26)23-13-6-15-25-16-14-22-17-25/h7-10,14,16-17H,2-6,11-13,15H2,1H3,(H2,23,24,26). The van der Waals surface area contributed by atoms with Gasteiger partial charge in [0.15, 0.2) is 0 Å². The summed E-state index contributed by atoms with van der Waals surface area (Å²) >= 11 is 0. The molecule has 27 heavy (non-hydrogen) atoms. The van der Waals surface area contributed by atoms with Gasteiger partial charge < -0.3 is 19.9 Å². The lowest BCUT2D eigenvalue weighted by molar-refractivity contribution is 0.217. The largest absolute Gasteiger partial charge is 0.497 e. The van der Waals surface area contributed by atoms with E-state index in [1.807, 2.05) is 22.9 Å². The zero-order chi connectivity index (χ0) is 19.0. The lowest BCUT2D eigenvalue weighted by Gasteiger charge is -2.35. The minimum absolute atomic E-state index is 0.0849. The Labute approximate surface area is 161 Å². The molecule has 0 atom stereocenters. The number of aromatic nitrogens is 2. The molecule has 3 rings (SSSR count). The Balaban J connectivity index is 1.60. The van der Waals surface area contributed by atoms with Crippen molar-refractivity contribution in [3.8, 4) is 5.75 Å². The van der Waals surface area contributed by atoms with Gasteiger partial charge >= 0.3 is 6.03 Å². The molecule has 0 aliphatic heterocycles. The van der Waals surface area contributed by atoms with Crippen LogP contribution in [0.15, 0.2) is 43.0 Å². The zero-order valence-corrected chi connectivity index (χ0v) is 16.1. The second kappa shape index (κ2) is 9.44. The molecular weight excluding hydrogens is 340 g/mol. The summed E-state index contributed by atoms with van der Waals surface area (Å²) < 4.78 is 7.30. The monoisotopic (exact) mass is 370 g/mol. The molecule has 0 radical (unpaired) electrons. The highest BCUT2D eigenvalue weighted by atomic mass is 16.5. The summed E-state index contributed by atoms with van der Waals surface area (Å²) in [5, 5.41) is 6.33. The van der Waals surface area contributed by atoms with Gasteiger partial charge in [-0.2, -0.15) is 0 Å². The number of methoxy groups -OCH3 is 1. The van der Waals surface area contributed by atoms with Crippen LogP contribution in [-0.4, -0.2) is 29.2 Å². The van der Waals surface area contributed by atoms with Crippen LogP contribution in [0.1, 0.15) is 50.5 Å². The number of aryl methyl sites for hydroxylation is 1. The van der Waals surface area contributed by atoms with Gasteiger partial charge in [-0.1, -0.05) is 37.8 Å². The molecule has 1 aromatic heterocycles. The average molecular weight is 370 g/mol. The molecular formula is C21H30N4O2. The smallest absolute Gasteiger partial charge is 0.315 e. The Hall–Kier alpha value is -2.50. The maximum absolute atomic E-state index is 12.6. The molecule has 1 aliphatic rings. The predicted molar refractivity (Wildman–Crippen MR) is 106 cm³/mol. The summed E-state index contributed by atoms with van der Waals surface area (Å²) in [5.41, 5.74) is 0.871. The third-order valence-electron chi connectivity index (χ3n) is 5.39. The van der Waals surface area contributed by atoms with Crippen LogP contribution in [0, 0.1) is 0 Å². The van der Waals surface area contributed by atoms with Crippen LogP contribution in [0.3, 0.4) is 0 Å². The zero-order valence-electron chi connectivity index (χ0n) is 16.1. The number of benzene rings is 1. The molecule has 1 aromatic carbocycles. The number of amides is 2.